The molecule has 0 amide bonds. The van der Waals surface area contributed by atoms with Gasteiger partial charge in [0.15, 0.2) is 0 Å². The van der Waals surface area contributed by atoms with E-state index in [9.17, 15) is 4.79 Å². The largest absolute Gasteiger partial charge is 0.478 e. The summed E-state index contributed by atoms with van der Waals surface area (Å²) in [6, 6.07) is 7.68. The number of carboxylic acids is 1. The Labute approximate surface area is 131 Å². The summed E-state index contributed by atoms with van der Waals surface area (Å²) in [5, 5.41) is 12.6. The van der Waals surface area contributed by atoms with Crippen molar-refractivity contribution < 1.29 is 14.6 Å². The molecule has 2 atom stereocenters. The molecule has 120 valence electrons. The second-order valence-corrected chi connectivity index (χ2v) is 6.56. The number of carbonyl (C=O) groups is 1. The molecule has 2 saturated carbocycles. The molecule has 4 heteroatoms. The van der Waals surface area contributed by atoms with E-state index in [1.807, 2.05) is 12.1 Å². The van der Waals surface area contributed by atoms with Crippen LogP contribution in [0.1, 0.15) is 54.9 Å². The lowest BCUT2D eigenvalue weighted by atomic mass is 9.60. The van der Waals surface area contributed by atoms with Gasteiger partial charge in [0.25, 0.3) is 0 Å². The Morgan fingerprint density at radius 3 is 2.59 bits per heavy atom. The maximum atomic E-state index is 10.9. The summed E-state index contributed by atoms with van der Waals surface area (Å²) in [4.78, 5) is 10.9. The van der Waals surface area contributed by atoms with Crippen molar-refractivity contribution >= 4 is 5.97 Å². The van der Waals surface area contributed by atoms with Gasteiger partial charge in [0, 0.05) is 24.6 Å². The molecule has 2 aliphatic carbocycles. The maximum Gasteiger partial charge on any atom is 0.335 e. The Balaban J connectivity index is 1.58. The van der Waals surface area contributed by atoms with Crippen molar-refractivity contribution in [1.29, 1.82) is 0 Å². The summed E-state index contributed by atoms with van der Waals surface area (Å²) in [5.74, 6) is -0.872. The van der Waals surface area contributed by atoms with Crippen LogP contribution < -0.4 is 5.32 Å². The molecule has 0 radical (unpaired) electrons. The van der Waals surface area contributed by atoms with Crippen LogP contribution in [0, 0.1) is 5.41 Å². The first-order valence-corrected chi connectivity index (χ1v) is 8.33. The Kier molecular flexibility index (Phi) is 4.50. The van der Waals surface area contributed by atoms with Crippen molar-refractivity contribution in [2.75, 3.05) is 6.61 Å². The van der Waals surface area contributed by atoms with Crippen LogP contribution in [0.2, 0.25) is 0 Å². The maximum absolute atomic E-state index is 10.9. The van der Waals surface area contributed by atoms with E-state index in [0.29, 0.717) is 23.1 Å². The average Bonchev–Trinajstić information content (AvgIpc) is 3.03. The second-order valence-electron chi connectivity index (χ2n) is 6.56. The van der Waals surface area contributed by atoms with Gasteiger partial charge >= 0.3 is 5.97 Å². The molecule has 0 bridgehead atoms. The molecule has 4 nitrogen and oxygen atoms in total. The van der Waals surface area contributed by atoms with Crippen LogP contribution in [-0.2, 0) is 11.3 Å². The summed E-state index contributed by atoms with van der Waals surface area (Å²) in [5.41, 5.74) is 1.82. The molecule has 2 N–H and O–H groups in total. The summed E-state index contributed by atoms with van der Waals surface area (Å²) >= 11 is 0. The third-order valence-corrected chi connectivity index (χ3v) is 5.44. The van der Waals surface area contributed by atoms with Crippen molar-refractivity contribution in [3.05, 3.63) is 35.4 Å². The van der Waals surface area contributed by atoms with Gasteiger partial charge in [-0.1, -0.05) is 25.0 Å². The lowest BCUT2D eigenvalue weighted by molar-refractivity contribution is -0.130. The molecule has 2 unspecified atom stereocenters. The third-order valence-electron chi connectivity index (χ3n) is 5.44. The number of benzene rings is 1. The minimum atomic E-state index is -0.872. The van der Waals surface area contributed by atoms with Crippen molar-refractivity contribution in [3.8, 4) is 0 Å². The fourth-order valence-electron chi connectivity index (χ4n) is 4.18. The van der Waals surface area contributed by atoms with E-state index in [2.05, 4.69) is 12.2 Å². The first-order valence-electron chi connectivity index (χ1n) is 8.33. The van der Waals surface area contributed by atoms with Gasteiger partial charge in [-0.3, -0.25) is 0 Å². The van der Waals surface area contributed by atoms with E-state index < -0.39 is 5.97 Å². The smallest absolute Gasteiger partial charge is 0.335 e. The molecule has 0 aromatic heterocycles. The quantitative estimate of drug-likeness (QED) is 0.847. The van der Waals surface area contributed by atoms with Crippen LogP contribution in [0.3, 0.4) is 0 Å². The summed E-state index contributed by atoms with van der Waals surface area (Å²) in [6.07, 6.45) is 6.69. The molecule has 0 saturated heterocycles. The minimum Gasteiger partial charge on any atom is -0.478 e. The van der Waals surface area contributed by atoms with Gasteiger partial charge in [0.2, 0.25) is 0 Å². The van der Waals surface area contributed by atoms with Gasteiger partial charge in [0.05, 0.1) is 11.7 Å². The van der Waals surface area contributed by atoms with Crippen LogP contribution in [0.5, 0.6) is 0 Å². The Hall–Kier alpha value is -1.39. The zero-order valence-electron chi connectivity index (χ0n) is 13.2. The fraction of sp³-hybridized carbons (Fsp3) is 0.611. The topological polar surface area (TPSA) is 58.6 Å². The van der Waals surface area contributed by atoms with Crippen molar-refractivity contribution in [1.82, 2.24) is 5.32 Å². The van der Waals surface area contributed by atoms with Gasteiger partial charge < -0.3 is 15.2 Å². The van der Waals surface area contributed by atoms with E-state index >= 15 is 0 Å². The van der Waals surface area contributed by atoms with E-state index in [4.69, 9.17) is 9.84 Å². The Morgan fingerprint density at radius 1 is 1.32 bits per heavy atom. The number of hydrogen-bond acceptors (Lipinski definition) is 3. The molecule has 1 aromatic carbocycles. The third kappa shape index (κ3) is 2.77. The first-order chi connectivity index (χ1) is 10.7. The van der Waals surface area contributed by atoms with Crippen LogP contribution in [0.15, 0.2) is 24.3 Å². The zero-order chi connectivity index (χ0) is 15.6. The van der Waals surface area contributed by atoms with Crippen molar-refractivity contribution in [2.24, 2.45) is 5.41 Å². The number of rotatable bonds is 6. The molecule has 3 rings (SSSR count). The van der Waals surface area contributed by atoms with Gasteiger partial charge in [-0.05, 0) is 43.9 Å². The number of ether oxygens (including phenoxy) is 1. The lowest BCUT2D eigenvalue weighted by Crippen LogP contribution is -2.62. The number of nitrogens with one attached hydrogen (secondary N) is 1. The number of carboxylic acid groups (broad SMARTS) is 1. The van der Waals surface area contributed by atoms with Crippen molar-refractivity contribution in [2.45, 2.75) is 57.7 Å². The monoisotopic (exact) mass is 303 g/mol. The predicted octanol–water partition coefficient (Wildman–Crippen LogP) is 3.21. The predicted molar refractivity (Wildman–Crippen MR) is 85.0 cm³/mol. The average molecular weight is 303 g/mol. The van der Waals surface area contributed by atoms with E-state index in [-0.39, 0.29) is 0 Å². The fourth-order valence-corrected chi connectivity index (χ4v) is 4.18. The highest BCUT2D eigenvalue weighted by molar-refractivity contribution is 5.87. The molecule has 1 aromatic rings. The summed E-state index contributed by atoms with van der Waals surface area (Å²) in [6.45, 7) is 3.67. The van der Waals surface area contributed by atoms with Gasteiger partial charge in [0.1, 0.15) is 0 Å². The molecule has 0 heterocycles. The van der Waals surface area contributed by atoms with Gasteiger partial charge in [-0.2, -0.15) is 0 Å². The highest BCUT2D eigenvalue weighted by Crippen LogP contribution is 2.54. The van der Waals surface area contributed by atoms with Gasteiger partial charge in [-0.15, -0.1) is 0 Å². The zero-order valence-corrected chi connectivity index (χ0v) is 13.2. The number of aromatic carboxylic acids is 1. The lowest BCUT2D eigenvalue weighted by Gasteiger charge is -2.54. The normalized spacial score (nSPS) is 26.0. The molecular formula is C18H25NO3. The van der Waals surface area contributed by atoms with Crippen LogP contribution in [0.25, 0.3) is 0 Å². The molecule has 2 fully saturated rings. The van der Waals surface area contributed by atoms with Gasteiger partial charge in [-0.25, -0.2) is 4.79 Å². The molecular weight excluding hydrogens is 278 g/mol. The molecule has 0 aliphatic heterocycles. The van der Waals surface area contributed by atoms with E-state index in [1.54, 1.807) is 12.1 Å². The SMILES string of the molecule is CCOC1CC(NCc2ccc(C(=O)O)cc2)C12CCCC2. The van der Waals surface area contributed by atoms with E-state index in [0.717, 1.165) is 25.1 Å². The second kappa shape index (κ2) is 6.39. The summed E-state index contributed by atoms with van der Waals surface area (Å²) in [7, 11) is 0. The van der Waals surface area contributed by atoms with Crippen molar-refractivity contribution in [3.63, 3.8) is 0 Å². The molecule has 22 heavy (non-hydrogen) atoms. The Morgan fingerprint density at radius 2 is 2.00 bits per heavy atom. The van der Waals surface area contributed by atoms with E-state index in [1.165, 1.54) is 25.7 Å². The first kappa shape index (κ1) is 15.5. The van der Waals surface area contributed by atoms with Crippen LogP contribution >= 0.6 is 0 Å². The highest BCUT2D eigenvalue weighted by atomic mass is 16.5. The standard InChI is InChI=1S/C18H25NO3/c1-2-22-16-11-15(18(16)9-3-4-10-18)19-12-13-5-7-14(8-6-13)17(20)21/h5-8,15-16,19H,2-4,9-12H2,1H3,(H,20,21). The Bertz CT molecular complexity index is 520. The minimum absolute atomic E-state index is 0.344. The number of hydrogen-bond donors (Lipinski definition) is 2. The van der Waals surface area contributed by atoms with Crippen LogP contribution in [0.4, 0.5) is 0 Å². The molecule has 1 spiro atoms. The highest BCUT2D eigenvalue weighted by Gasteiger charge is 2.56. The summed E-state index contributed by atoms with van der Waals surface area (Å²) < 4.78 is 5.93. The van der Waals surface area contributed by atoms with Crippen LogP contribution in [-0.4, -0.2) is 29.8 Å². The molecule has 2 aliphatic rings.